The van der Waals surface area contributed by atoms with Gasteiger partial charge in [0.25, 0.3) is 5.91 Å². The Hall–Kier alpha value is -2.50. The lowest BCUT2D eigenvalue weighted by atomic mass is 10.1. The van der Waals surface area contributed by atoms with Crippen molar-refractivity contribution in [2.45, 2.75) is 6.92 Å². The highest BCUT2D eigenvalue weighted by atomic mass is 16.5. The summed E-state index contributed by atoms with van der Waals surface area (Å²) >= 11 is 0. The number of ether oxygens (including phenoxy) is 2. The van der Waals surface area contributed by atoms with Crippen LogP contribution in [0.3, 0.4) is 0 Å². The van der Waals surface area contributed by atoms with Gasteiger partial charge in [0.1, 0.15) is 18.0 Å². The van der Waals surface area contributed by atoms with Gasteiger partial charge < -0.3 is 19.8 Å². The minimum atomic E-state index is -0.492. The lowest BCUT2D eigenvalue weighted by Gasteiger charge is -2.03. The van der Waals surface area contributed by atoms with Crippen molar-refractivity contribution in [1.82, 2.24) is 10.3 Å². The fourth-order valence-electron chi connectivity index (χ4n) is 1.97. The van der Waals surface area contributed by atoms with Crippen molar-refractivity contribution < 1.29 is 19.1 Å². The van der Waals surface area contributed by atoms with Crippen LogP contribution in [0.1, 0.15) is 16.1 Å². The predicted molar refractivity (Wildman–Crippen MR) is 73.9 cm³/mol. The largest absolute Gasteiger partial charge is 0.497 e. The molecule has 2 N–H and O–H groups in total. The monoisotopic (exact) mass is 276 g/mol. The van der Waals surface area contributed by atoms with E-state index in [0.29, 0.717) is 5.69 Å². The van der Waals surface area contributed by atoms with Gasteiger partial charge in [-0.2, -0.15) is 0 Å². The summed E-state index contributed by atoms with van der Waals surface area (Å²) in [5.74, 6) is -0.113. The van der Waals surface area contributed by atoms with Gasteiger partial charge in [0.2, 0.25) is 0 Å². The Labute approximate surface area is 116 Å². The van der Waals surface area contributed by atoms with E-state index in [1.54, 1.807) is 7.11 Å². The predicted octanol–water partition coefficient (Wildman–Crippen LogP) is 1.39. The summed E-state index contributed by atoms with van der Waals surface area (Å²) in [7, 11) is 2.86. The summed E-state index contributed by atoms with van der Waals surface area (Å²) in [5.41, 5.74) is 2.07. The number of benzene rings is 1. The van der Waals surface area contributed by atoms with Crippen LogP contribution >= 0.6 is 0 Å². The van der Waals surface area contributed by atoms with E-state index >= 15 is 0 Å². The molecule has 2 aromatic rings. The highest BCUT2D eigenvalue weighted by Crippen LogP contribution is 2.25. The molecule has 1 aromatic carbocycles. The molecule has 1 aromatic heterocycles. The smallest absolute Gasteiger partial charge is 0.325 e. The molecule has 0 radical (unpaired) electrons. The SMILES string of the molecule is COC(=O)CNC(=O)c1[nH]c2ccc(OC)cc2c1C. The van der Waals surface area contributed by atoms with Crippen LogP contribution in [0.2, 0.25) is 0 Å². The quantitative estimate of drug-likeness (QED) is 0.827. The second-order valence-electron chi connectivity index (χ2n) is 4.30. The molecule has 20 heavy (non-hydrogen) atoms. The Morgan fingerprint density at radius 3 is 2.70 bits per heavy atom. The van der Waals surface area contributed by atoms with Crippen LogP contribution in [0.5, 0.6) is 5.75 Å². The Bertz CT molecular complexity index is 660. The van der Waals surface area contributed by atoms with Gasteiger partial charge in [0.05, 0.1) is 14.2 Å². The average Bonchev–Trinajstić information content (AvgIpc) is 2.81. The maximum absolute atomic E-state index is 12.0. The standard InChI is InChI=1S/C14H16N2O4/c1-8-10-6-9(19-2)4-5-11(10)16-13(8)14(18)15-7-12(17)20-3/h4-6,16H,7H2,1-3H3,(H,15,18). The van der Waals surface area contributed by atoms with Crippen LogP contribution in [-0.2, 0) is 9.53 Å². The van der Waals surface area contributed by atoms with Gasteiger partial charge >= 0.3 is 5.97 Å². The summed E-state index contributed by atoms with van der Waals surface area (Å²) in [6, 6.07) is 5.52. The second kappa shape index (κ2) is 5.64. The number of carbonyl (C=O) groups excluding carboxylic acids is 2. The zero-order valence-corrected chi connectivity index (χ0v) is 11.6. The fourth-order valence-corrected chi connectivity index (χ4v) is 1.97. The number of hydrogen-bond acceptors (Lipinski definition) is 4. The summed E-state index contributed by atoms with van der Waals surface area (Å²) in [4.78, 5) is 26.1. The number of fused-ring (bicyclic) bond motifs is 1. The molecule has 0 bridgehead atoms. The minimum absolute atomic E-state index is 0.159. The third-order valence-electron chi connectivity index (χ3n) is 3.11. The number of aryl methyl sites for hydroxylation is 1. The molecule has 6 nitrogen and oxygen atoms in total. The molecular weight excluding hydrogens is 260 g/mol. The second-order valence-corrected chi connectivity index (χ2v) is 4.30. The molecule has 106 valence electrons. The first-order valence-corrected chi connectivity index (χ1v) is 6.08. The number of nitrogens with one attached hydrogen (secondary N) is 2. The first-order chi connectivity index (χ1) is 9.56. The van der Waals surface area contributed by atoms with Crippen LogP contribution in [0.15, 0.2) is 18.2 Å². The first kappa shape index (κ1) is 13.9. The zero-order valence-electron chi connectivity index (χ0n) is 11.6. The Balaban J connectivity index is 2.28. The molecule has 0 aliphatic carbocycles. The number of amides is 1. The lowest BCUT2D eigenvalue weighted by Crippen LogP contribution is -2.30. The van der Waals surface area contributed by atoms with Crippen molar-refractivity contribution >= 4 is 22.8 Å². The summed E-state index contributed by atoms with van der Waals surface area (Å²) in [6.45, 7) is 1.68. The van der Waals surface area contributed by atoms with Crippen molar-refractivity contribution in [3.05, 3.63) is 29.5 Å². The number of rotatable bonds is 4. The molecule has 6 heteroatoms. The summed E-state index contributed by atoms with van der Waals surface area (Å²) in [5, 5.41) is 3.41. The normalized spacial score (nSPS) is 10.3. The maximum Gasteiger partial charge on any atom is 0.325 e. The molecule has 0 unspecified atom stereocenters. The summed E-state index contributed by atoms with van der Waals surface area (Å²) < 4.78 is 9.64. The van der Waals surface area contributed by atoms with Crippen molar-refractivity contribution in [3.63, 3.8) is 0 Å². The first-order valence-electron chi connectivity index (χ1n) is 6.08. The molecular formula is C14H16N2O4. The number of hydrogen-bond donors (Lipinski definition) is 2. The van der Waals surface area contributed by atoms with Crippen molar-refractivity contribution in [1.29, 1.82) is 0 Å². The van der Waals surface area contributed by atoms with Gasteiger partial charge in [-0.3, -0.25) is 9.59 Å². The molecule has 1 heterocycles. The molecule has 0 aliphatic rings. The Kier molecular flexibility index (Phi) is 3.93. The molecule has 0 saturated carbocycles. The molecule has 0 spiro atoms. The van der Waals surface area contributed by atoms with Gasteiger partial charge in [-0.25, -0.2) is 0 Å². The molecule has 0 atom stereocenters. The molecule has 0 aliphatic heterocycles. The Morgan fingerprint density at radius 1 is 1.30 bits per heavy atom. The number of H-pyrrole nitrogens is 1. The van der Waals surface area contributed by atoms with Crippen molar-refractivity contribution in [2.24, 2.45) is 0 Å². The van der Waals surface area contributed by atoms with Gasteiger partial charge in [-0.05, 0) is 30.7 Å². The van der Waals surface area contributed by atoms with E-state index in [1.165, 1.54) is 7.11 Å². The van der Waals surface area contributed by atoms with Gasteiger partial charge in [0.15, 0.2) is 0 Å². The minimum Gasteiger partial charge on any atom is -0.497 e. The van der Waals surface area contributed by atoms with Crippen LogP contribution in [0.25, 0.3) is 10.9 Å². The van der Waals surface area contributed by atoms with Crippen LogP contribution in [0, 0.1) is 6.92 Å². The van der Waals surface area contributed by atoms with Crippen LogP contribution < -0.4 is 10.1 Å². The van der Waals surface area contributed by atoms with E-state index in [1.807, 2.05) is 25.1 Å². The lowest BCUT2D eigenvalue weighted by molar-refractivity contribution is -0.139. The van der Waals surface area contributed by atoms with E-state index in [4.69, 9.17) is 4.74 Å². The third-order valence-corrected chi connectivity index (χ3v) is 3.11. The van der Waals surface area contributed by atoms with E-state index in [2.05, 4.69) is 15.0 Å². The number of aromatic nitrogens is 1. The molecule has 1 amide bonds. The molecule has 2 rings (SSSR count). The molecule has 0 saturated heterocycles. The number of esters is 1. The topological polar surface area (TPSA) is 80.4 Å². The van der Waals surface area contributed by atoms with Gasteiger partial charge in [0, 0.05) is 10.9 Å². The zero-order chi connectivity index (χ0) is 14.7. The maximum atomic E-state index is 12.0. The van der Waals surface area contributed by atoms with Crippen molar-refractivity contribution in [2.75, 3.05) is 20.8 Å². The highest BCUT2D eigenvalue weighted by Gasteiger charge is 2.16. The van der Waals surface area contributed by atoms with Crippen LogP contribution in [0.4, 0.5) is 0 Å². The highest BCUT2D eigenvalue weighted by molar-refractivity contribution is 6.02. The number of carbonyl (C=O) groups is 2. The Morgan fingerprint density at radius 2 is 2.05 bits per heavy atom. The average molecular weight is 276 g/mol. The molecule has 0 fully saturated rings. The fraction of sp³-hybridized carbons (Fsp3) is 0.286. The third kappa shape index (κ3) is 2.59. The van der Waals surface area contributed by atoms with Crippen LogP contribution in [-0.4, -0.2) is 37.6 Å². The summed E-state index contributed by atoms with van der Waals surface area (Å²) in [6.07, 6.45) is 0. The van der Waals surface area contributed by atoms with Gasteiger partial charge in [-0.1, -0.05) is 0 Å². The van der Waals surface area contributed by atoms with E-state index in [-0.39, 0.29) is 12.5 Å². The van der Waals surface area contributed by atoms with E-state index in [0.717, 1.165) is 22.2 Å². The number of aromatic amines is 1. The number of methoxy groups -OCH3 is 2. The van der Waals surface area contributed by atoms with Gasteiger partial charge in [-0.15, -0.1) is 0 Å². The van der Waals surface area contributed by atoms with Crippen molar-refractivity contribution in [3.8, 4) is 5.75 Å². The van der Waals surface area contributed by atoms with E-state index in [9.17, 15) is 9.59 Å². The van der Waals surface area contributed by atoms with E-state index < -0.39 is 5.97 Å².